The molecule has 1 amide bonds. The van der Waals surface area contributed by atoms with Crippen LogP contribution in [-0.4, -0.2) is 49.7 Å². The fraction of sp³-hybridized carbons (Fsp3) is 0.371. The summed E-state index contributed by atoms with van der Waals surface area (Å²) in [6, 6.07) is 14.1. The number of nitrogens with one attached hydrogen (secondary N) is 1. The number of nitrogens with zero attached hydrogens (tertiary/aromatic N) is 1. The Morgan fingerprint density at radius 2 is 1.91 bits per heavy atom. The van der Waals surface area contributed by atoms with Crippen molar-refractivity contribution >= 4 is 35.1 Å². The van der Waals surface area contributed by atoms with Crippen LogP contribution < -0.4 is 5.32 Å². The van der Waals surface area contributed by atoms with Crippen molar-refractivity contribution < 1.29 is 34.4 Å². The van der Waals surface area contributed by atoms with Gasteiger partial charge in [0.25, 0.3) is 0 Å². The highest BCUT2D eigenvalue weighted by atomic mass is 32.2. The topological polar surface area (TPSA) is 146 Å². The van der Waals surface area contributed by atoms with Gasteiger partial charge < -0.3 is 25.4 Å². The third kappa shape index (κ3) is 4.73. The highest BCUT2D eigenvalue weighted by Crippen LogP contribution is 2.72. The maximum absolute atomic E-state index is 14.5. The van der Waals surface area contributed by atoms with E-state index in [1.165, 1.54) is 11.8 Å². The summed E-state index contributed by atoms with van der Waals surface area (Å²) in [6.45, 7) is 4.14. The molecule has 4 fully saturated rings. The number of carboxylic acids is 1. The van der Waals surface area contributed by atoms with Gasteiger partial charge in [0, 0.05) is 40.6 Å². The molecule has 3 aromatic rings. The van der Waals surface area contributed by atoms with E-state index < -0.39 is 34.4 Å². The first-order chi connectivity index (χ1) is 21.4. The number of thioether (sulfide) groups is 1. The number of pyridine rings is 1. The molecule has 6 atom stereocenters. The number of phenols is 2. The number of ether oxygens (including phenoxy) is 1. The smallest absolute Gasteiger partial charge is 0.339 e. The SMILES string of the molecule is C[C@]12C[C@@]34C=C(Sc5cccc(-c6cccnc6)c5)C(=O)[C@@](C)(CCC(=O)Nc5c(O)ccc(C(=O)O)c5O)[C@@H]3[C@H](C[C@@H]1C4)O2. The molecule has 9 nitrogen and oxygen atoms in total. The van der Waals surface area contributed by atoms with Gasteiger partial charge in [0.15, 0.2) is 11.5 Å². The Hall–Kier alpha value is -4.15. The van der Waals surface area contributed by atoms with Crippen molar-refractivity contribution in [3.05, 3.63) is 77.5 Å². The Balaban J connectivity index is 1.19. The number of Topliss-reactive ketones (excluding diaryl/α,β-unsaturated/α-hetero) is 1. The second-order valence-electron chi connectivity index (χ2n) is 13.3. The Labute approximate surface area is 264 Å². The Morgan fingerprint density at radius 1 is 1.11 bits per heavy atom. The number of carbonyl (C=O) groups excluding carboxylic acids is 2. The monoisotopic (exact) mass is 626 g/mol. The minimum Gasteiger partial charge on any atom is -0.506 e. The highest BCUT2D eigenvalue weighted by Gasteiger charge is 2.72. The summed E-state index contributed by atoms with van der Waals surface area (Å²) >= 11 is 1.46. The van der Waals surface area contributed by atoms with Gasteiger partial charge in [0.2, 0.25) is 5.91 Å². The van der Waals surface area contributed by atoms with Crippen LogP contribution in [0.3, 0.4) is 0 Å². The minimum atomic E-state index is -1.39. The van der Waals surface area contributed by atoms with Crippen LogP contribution in [-0.2, 0) is 14.3 Å². The molecule has 2 aliphatic heterocycles. The van der Waals surface area contributed by atoms with E-state index in [1.54, 1.807) is 6.20 Å². The normalized spacial score (nSPS) is 31.0. The van der Waals surface area contributed by atoms with Gasteiger partial charge in [-0.2, -0.15) is 0 Å². The van der Waals surface area contributed by atoms with Gasteiger partial charge >= 0.3 is 5.97 Å². The summed E-state index contributed by atoms with van der Waals surface area (Å²) in [6.07, 6.45) is 8.47. The molecule has 2 saturated heterocycles. The zero-order chi connectivity index (χ0) is 31.7. The second-order valence-corrected chi connectivity index (χ2v) is 14.4. The molecular weight excluding hydrogens is 592 g/mol. The molecule has 3 heterocycles. The molecule has 2 saturated carbocycles. The van der Waals surface area contributed by atoms with Crippen LogP contribution in [0.4, 0.5) is 5.69 Å². The van der Waals surface area contributed by atoms with E-state index in [0.29, 0.717) is 10.8 Å². The summed E-state index contributed by atoms with van der Waals surface area (Å²) in [4.78, 5) is 45.1. The number of hydrogen-bond acceptors (Lipinski definition) is 8. The van der Waals surface area contributed by atoms with Crippen molar-refractivity contribution in [1.82, 2.24) is 4.98 Å². The Bertz CT molecular complexity index is 1780. The molecule has 8 rings (SSSR count). The van der Waals surface area contributed by atoms with Crippen molar-refractivity contribution in [1.29, 1.82) is 0 Å². The van der Waals surface area contributed by atoms with Crippen LogP contribution in [0.25, 0.3) is 11.1 Å². The largest absolute Gasteiger partial charge is 0.506 e. The number of hydrogen-bond donors (Lipinski definition) is 4. The fourth-order valence-electron chi connectivity index (χ4n) is 8.69. The van der Waals surface area contributed by atoms with Crippen molar-refractivity contribution in [2.75, 3.05) is 5.32 Å². The van der Waals surface area contributed by atoms with Crippen molar-refractivity contribution in [3.8, 4) is 22.6 Å². The molecule has 3 aliphatic carbocycles. The van der Waals surface area contributed by atoms with E-state index >= 15 is 0 Å². The summed E-state index contributed by atoms with van der Waals surface area (Å²) < 4.78 is 6.62. The number of amides is 1. The average molecular weight is 627 g/mol. The van der Waals surface area contributed by atoms with Crippen LogP contribution in [0.1, 0.15) is 56.3 Å². The number of anilines is 1. The predicted molar refractivity (Wildman–Crippen MR) is 168 cm³/mol. The molecule has 5 aliphatic rings. The first-order valence-corrected chi connectivity index (χ1v) is 16.0. The molecule has 4 N–H and O–H groups in total. The molecule has 1 spiro atoms. The van der Waals surface area contributed by atoms with E-state index in [2.05, 4.69) is 29.4 Å². The maximum Gasteiger partial charge on any atom is 0.339 e. The number of carbonyl (C=O) groups is 3. The third-order valence-corrected chi connectivity index (χ3v) is 11.5. The summed E-state index contributed by atoms with van der Waals surface area (Å²) in [5.41, 5.74) is -0.181. The van der Waals surface area contributed by atoms with Crippen LogP contribution in [0, 0.1) is 22.7 Å². The number of phenolic OH excluding ortho intramolecular Hbond substituents is 1. The van der Waals surface area contributed by atoms with E-state index in [1.807, 2.05) is 43.5 Å². The van der Waals surface area contributed by atoms with Gasteiger partial charge in [-0.25, -0.2) is 4.79 Å². The van der Waals surface area contributed by atoms with E-state index in [-0.39, 0.29) is 47.4 Å². The molecule has 0 radical (unpaired) electrons. The molecule has 45 heavy (non-hydrogen) atoms. The molecular formula is C35H34N2O7S. The lowest BCUT2D eigenvalue weighted by molar-refractivity contribution is -0.169. The number of aromatic nitrogens is 1. The lowest BCUT2D eigenvalue weighted by atomic mass is 9.51. The zero-order valence-electron chi connectivity index (χ0n) is 24.9. The van der Waals surface area contributed by atoms with Crippen molar-refractivity contribution in [2.45, 2.75) is 62.6 Å². The number of aromatic hydroxyl groups is 2. The van der Waals surface area contributed by atoms with E-state index in [4.69, 9.17) is 4.74 Å². The minimum absolute atomic E-state index is 0.0242. The van der Waals surface area contributed by atoms with Crippen molar-refractivity contribution in [3.63, 3.8) is 0 Å². The first-order valence-electron chi connectivity index (χ1n) is 15.1. The van der Waals surface area contributed by atoms with Gasteiger partial charge in [0.05, 0.1) is 16.6 Å². The number of rotatable bonds is 8. The number of benzene rings is 2. The standard InChI is InChI=1S/C35H34N2O7S/c1-33(11-10-27(39)37-28-24(38)9-8-23(29(28)40)32(42)43)30-25-14-21-15-35(30,18-34(21,2)44-25)16-26(31(33)41)45-22-7-3-5-19(13-22)20-6-4-12-36-17-20/h3-9,12-13,16-17,21,25,30,38,40H,10-11,14-15,18H2,1-2H3,(H,37,39)(H,42,43)/t21-,25+,30+,33+,34+,35-/m1/s1. The van der Waals surface area contributed by atoms with Crippen LogP contribution in [0.15, 0.2) is 76.8 Å². The summed E-state index contributed by atoms with van der Waals surface area (Å²) in [5.74, 6) is -2.81. The first kappa shape index (κ1) is 29.6. The molecule has 1 aromatic heterocycles. The lowest BCUT2D eigenvalue weighted by Crippen LogP contribution is -2.57. The lowest BCUT2D eigenvalue weighted by Gasteiger charge is -2.56. The van der Waals surface area contributed by atoms with Gasteiger partial charge in [-0.05, 0) is 79.8 Å². The summed E-state index contributed by atoms with van der Waals surface area (Å²) in [5, 5.41) is 32.5. The van der Waals surface area contributed by atoms with Crippen LogP contribution in [0.5, 0.6) is 11.5 Å². The quantitative estimate of drug-likeness (QED) is 0.208. The Kier molecular flexibility index (Phi) is 6.87. The average Bonchev–Trinajstić information content (AvgIpc) is 3.37. The molecule has 4 bridgehead atoms. The van der Waals surface area contributed by atoms with E-state index in [9.17, 15) is 29.7 Å². The number of carboxylic acid groups (broad SMARTS) is 1. The highest BCUT2D eigenvalue weighted by molar-refractivity contribution is 8.04. The maximum atomic E-state index is 14.5. The Morgan fingerprint density at radius 3 is 2.64 bits per heavy atom. The second kappa shape index (κ2) is 10.5. The number of allylic oxidation sites excluding steroid dienone is 2. The number of aromatic carboxylic acids is 1. The van der Waals surface area contributed by atoms with Crippen LogP contribution >= 0.6 is 11.8 Å². The van der Waals surface area contributed by atoms with Crippen LogP contribution in [0.2, 0.25) is 0 Å². The zero-order valence-corrected chi connectivity index (χ0v) is 25.8. The van der Waals surface area contributed by atoms with Gasteiger partial charge in [-0.1, -0.05) is 43.0 Å². The van der Waals surface area contributed by atoms with Gasteiger partial charge in [-0.15, -0.1) is 0 Å². The van der Waals surface area contributed by atoms with E-state index in [0.717, 1.165) is 47.4 Å². The molecule has 10 heteroatoms. The van der Waals surface area contributed by atoms with Gasteiger partial charge in [-0.3, -0.25) is 14.6 Å². The molecule has 0 unspecified atom stereocenters. The van der Waals surface area contributed by atoms with Gasteiger partial charge in [0.1, 0.15) is 17.0 Å². The summed E-state index contributed by atoms with van der Waals surface area (Å²) in [7, 11) is 0. The number of ketones is 1. The predicted octanol–water partition coefficient (Wildman–Crippen LogP) is 6.42. The molecule has 232 valence electrons. The fourth-order valence-corrected chi connectivity index (χ4v) is 9.90. The van der Waals surface area contributed by atoms with Crippen molar-refractivity contribution in [2.24, 2.45) is 22.7 Å². The molecule has 2 aromatic carbocycles. The third-order valence-electron chi connectivity index (χ3n) is 10.5.